The SMILES string of the molecule is CCCc1nc(C)c(Cc2cccc(CO)c2)c(OCc2ccc3oc(-c4ccc(-c5nnnn5C(c5ccccc5)(c5ccccc5)c5ccccc5)cc4)c(Br)c3c2)n1. The molecule has 1 N–H and O–H groups in total. The second-order valence-corrected chi connectivity index (χ2v) is 15.9. The minimum atomic E-state index is -0.859. The highest BCUT2D eigenvalue weighted by Crippen LogP contribution is 2.43. The van der Waals surface area contributed by atoms with Crippen LogP contribution in [0.15, 0.2) is 167 Å². The summed E-state index contributed by atoms with van der Waals surface area (Å²) in [5.41, 5.74) is 9.49. The van der Waals surface area contributed by atoms with E-state index in [4.69, 9.17) is 24.3 Å². The summed E-state index contributed by atoms with van der Waals surface area (Å²) < 4.78 is 15.8. The number of halogens is 1. The molecule has 9 aromatic rings. The molecule has 0 bridgehead atoms. The average Bonchev–Trinajstić information content (AvgIpc) is 3.93. The summed E-state index contributed by atoms with van der Waals surface area (Å²) in [4.78, 5) is 9.67. The lowest BCUT2D eigenvalue weighted by Gasteiger charge is -2.36. The fourth-order valence-electron chi connectivity index (χ4n) is 8.14. The maximum Gasteiger partial charge on any atom is 0.220 e. The lowest BCUT2D eigenvalue weighted by molar-refractivity contribution is 0.281. The van der Waals surface area contributed by atoms with E-state index < -0.39 is 5.54 Å². The van der Waals surface area contributed by atoms with Gasteiger partial charge in [0, 0.05) is 40.6 Å². The third-order valence-corrected chi connectivity index (χ3v) is 11.9. The van der Waals surface area contributed by atoms with Gasteiger partial charge in [-0.25, -0.2) is 9.67 Å². The fraction of sp³-hybridized carbons (Fsp3) is 0.157. The number of ether oxygens (including phenoxy) is 1. The van der Waals surface area contributed by atoms with E-state index in [0.29, 0.717) is 24.7 Å². The monoisotopic (exact) mass is 866 g/mol. The largest absolute Gasteiger partial charge is 0.472 e. The van der Waals surface area contributed by atoms with Crippen LogP contribution < -0.4 is 4.74 Å². The van der Waals surface area contributed by atoms with Crippen molar-refractivity contribution < 1.29 is 14.3 Å². The number of aliphatic hydroxyl groups excluding tert-OH is 1. The molecule has 10 heteroatoms. The van der Waals surface area contributed by atoms with Gasteiger partial charge in [0.1, 0.15) is 29.3 Å². The molecule has 0 saturated carbocycles. The predicted molar refractivity (Wildman–Crippen MR) is 241 cm³/mol. The van der Waals surface area contributed by atoms with Crippen molar-refractivity contribution in [1.82, 2.24) is 30.2 Å². The molecule has 0 amide bonds. The number of hydrogen-bond acceptors (Lipinski definition) is 8. The van der Waals surface area contributed by atoms with Crippen molar-refractivity contribution in [1.29, 1.82) is 0 Å². The van der Waals surface area contributed by atoms with Crippen molar-refractivity contribution in [3.63, 3.8) is 0 Å². The van der Waals surface area contributed by atoms with Gasteiger partial charge in [-0.2, -0.15) is 4.98 Å². The van der Waals surface area contributed by atoms with Gasteiger partial charge < -0.3 is 14.3 Å². The van der Waals surface area contributed by atoms with Crippen molar-refractivity contribution in [3.05, 3.63) is 213 Å². The maximum absolute atomic E-state index is 9.72. The first kappa shape index (κ1) is 39.7. The van der Waals surface area contributed by atoms with Gasteiger partial charge in [-0.3, -0.25) is 0 Å². The van der Waals surface area contributed by atoms with Gasteiger partial charge in [0.05, 0.1) is 11.1 Å². The zero-order valence-corrected chi connectivity index (χ0v) is 35.5. The van der Waals surface area contributed by atoms with Gasteiger partial charge in [0.25, 0.3) is 0 Å². The minimum Gasteiger partial charge on any atom is -0.472 e. The van der Waals surface area contributed by atoms with Crippen LogP contribution in [0.1, 0.15) is 63.8 Å². The number of tetrazole rings is 1. The summed E-state index contributed by atoms with van der Waals surface area (Å²) in [6, 6.07) is 53.3. The minimum absolute atomic E-state index is 0.0109. The molecule has 0 aliphatic heterocycles. The van der Waals surface area contributed by atoms with E-state index in [1.165, 1.54) is 0 Å². The zero-order valence-electron chi connectivity index (χ0n) is 33.9. The number of nitrogens with zero attached hydrogens (tertiary/aromatic N) is 6. The number of benzene rings is 6. The number of aryl methyl sites for hydroxylation is 2. The number of rotatable bonds is 14. The number of furan rings is 1. The van der Waals surface area contributed by atoms with E-state index in [9.17, 15) is 5.11 Å². The van der Waals surface area contributed by atoms with Crippen LogP contribution in [-0.2, 0) is 31.6 Å². The Balaban J connectivity index is 1.02. The van der Waals surface area contributed by atoms with Crippen molar-refractivity contribution >= 4 is 26.9 Å². The Hall–Kier alpha value is -6.75. The summed E-state index contributed by atoms with van der Waals surface area (Å²) in [6.45, 7) is 4.43. The van der Waals surface area contributed by atoms with Crippen LogP contribution in [0.4, 0.5) is 0 Å². The first-order valence-corrected chi connectivity index (χ1v) is 21.2. The van der Waals surface area contributed by atoms with Gasteiger partial charge >= 0.3 is 0 Å². The molecule has 0 aliphatic rings. The molecule has 3 aromatic heterocycles. The second-order valence-electron chi connectivity index (χ2n) is 15.1. The molecule has 0 spiro atoms. The highest BCUT2D eigenvalue weighted by molar-refractivity contribution is 9.10. The highest BCUT2D eigenvalue weighted by Gasteiger charge is 2.41. The molecule has 9 rings (SSSR count). The normalized spacial score (nSPS) is 11.6. The van der Waals surface area contributed by atoms with Gasteiger partial charge in [-0.1, -0.05) is 153 Å². The van der Waals surface area contributed by atoms with Gasteiger partial charge in [0.2, 0.25) is 5.88 Å². The quantitative estimate of drug-likeness (QED) is 0.108. The van der Waals surface area contributed by atoms with Crippen LogP contribution in [0.5, 0.6) is 5.88 Å². The number of hydrogen-bond donors (Lipinski definition) is 1. The van der Waals surface area contributed by atoms with Gasteiger partial charge in [-0.05, 0) is 85.2 Å². The summed E-state index contributed by atoms with van der Waals surface area (Å²) >= 11 is 3.88. The second kappa shape index (κ2) is 17.5. The molecule has 0 unspecified atom stereocenters. The molecule has 0 radical (unpaired) electrons. The van der Waals surface area contributed by atoms with E-state index in [2.05, 4.69) is 118 Å². The van der Waals surface area contributed by atoms with Crippen LogP contribution in [0.3, 0.4) is 0 Å². The predicted octanol–water partition coefficient (Wildman–Crippen LogP) is 11.1. The van der Waals surface area contributed by atoms with Crippen molar-refractivity contribution in [2.24, 2.45) is 0 Å². The Labute approximate surface area is 362 Å². The van der Waals surface area contributed by atoms with Gasteiger partial charge in [0.15, 0.2) is 5.82 Å². The van der Waals surface area contributed by atoms with E-state index in [0.717, 1.165) is 95.6 Å². The Morgan fingerprint density at radius 2 is 1.34 bits per heavy atom. The first-order chi connectivity index (χ1) is 30.0. The van der Waals surface area contributed by atoms with Crippen molar-refractivity contribution in [3.8, 4) is 28.6 Å². The third kappa shape index (κ3) is 7.76. The van der Waals surface area contributed by atoms with Crippen molar-refractivity contribution in [2.45, 2.75) is 51.9 Å². The third-order valence-electron chi connectivity index (χ3n) is 11.1. The molecular weight excluding hydrogens is 825 g/mol. The molecule has 0 atom stereocenters. The molecule has 9 nitrogen and oxygen atoms in total. The van der Waals surface area contributed by atoms with Crippen molar-refractivity contribution in [2.75, 3.05) is 0 Å². The van der Waals surface area contributed by atoms with Crippen LogP contribution in [0.25, 0.3) is 33.7 Å². The molecule has 0 fully saturated rings. The average molecular weight is 868 g/mol. The maximum atomic E-state index is 9.72. The van der Waals surface area contributed by atoms with E-state index >= 15 is 0 Å². The van der Waals surface area contributed by atoms with E-state index in [-0.39, 0.29) is 6.61 Å². The molecule has 0 saturated heterocycles. The van der Waals surface area contributed by atoms with E-state index in [1.807, 2.05) is 84.4 Å². The number of aliphatic hydroxyl groups is 1. The number of fused-ring (bicyclic) bond motifs is 1. The Kier molecular flexibility index (Phi) is 11.4. The molecule has 3 heterocycles. The van der Waals surface area contributed by atoms with Gasteiger partial charge in [-0.15, -0.1) is 5.10 Å². The standard InChI is InChI=1S/C51H43BrN6O3/c1-3-14-46-53-34(2)43(30-35-15-13-16-36(29-35)32-59)50(54-46)60-33-37-23-28-45-44(31-37)47(52)48(61-45)38-24-26-39(27-25-38)49-55-56-57-58(49)51(40-17-7-4-8-18-40,41-19-9-5-10-20-41)42-21-11-6-12-22-42/h4-13,15-29,31,59H,3,14,30,32-33H2,1-2H3. The van der Waals surface area contributed by atoms with E-state index in [1.54, 1.807) is 0 Å². The summed E-state index contributed by atoms with van der Waals surface area (Å²) in [5.74, 6) is 2.69. The van der Waals surface area contributed by atoms with Crippen LogP contribution in [0.2, 0.25) is 0 Å². The lowest BCUT2D eigenvalue weighted by Crippen LogP contribution is -2.39. The molecular formula is C51H43BrN6O3. The molecule has 6 aromatic carbocycles. The first-order valence-electron chi connectivity index (χ1n) is 20.4. The van der Waals surface area contributed by atoms with Crippen LogP contribution in [0, 0.1) is 6.92 Å². The summed E-state index contributed by atoms with van der Waals surface area (Å²) in [6.07, 6.45) is 2.30. The highest BCUT2D eigenvalue weighted by atomic mass is 79.9. The Morgan fingerprint density at radius 3 is 1.98 bits per heavy atom. The van der Waals surface area contributed by atoms with Crippen LogP contribution >= 0.6 is 15.9 Å². The lowest BCUT2D eigenvalue weighted by atomic mass is 9.77. The smallest absolute Gasteiger partial charge is 0.220 e. The topological polar surface area (TPSA) is 112 Å². The Morgan fingerprint density at radius 1 is 0.705 bits per heavy atom. The summed E-state index contributed by atoms with van der Waals surface area (Å²) in [5, 5.41) is 24.3. The number of aromatic nitrogens is 6. The fourth-order valence-corrected chi connectivity index (χ4v) is 8.76. The zero-order chi connectivity index (χ0) is 41.8. The Bertz CT molecular complexity index is 2820. The summed E-state index contributed by atoms with van der Waals surface area (Å²) in [7, 11) is 0. The molecule has 302 valence electrons. The molecule has 61 heavy (non-hydrogen) atoms. The van der Waals surface area contributed by atoms with Crippen LogP contribution in [-0.4, -0.2) is 35.3 Å². The molecule has 0 aliphatic carbocycles.